The standard InChI is InChI=1S/C20H24N2O3/c1-3-17(16-7-5-4-6-8-16)19(23)21-11-13-22(14-12-21)20(24)18-10-9-15(2)25-18/h4-10,17H,3,11-14H2,1-2H3. The molecule has 1 fully saturated rings. The Bertz CT molecular complexity index is 730. The Morgan fingerprint density at radius 1 is 1.00 bits per heavy atom. The average Bonchev–Trinajstić information content (AvgIpc) is 3.09. The summed E-state index contributed by atoms with van der Waals surface area (Å²) in [6.07, 6.45) is 0.771. The molecule has 5 nitrogen and oxygen atoms in total. The van der Waals surface area contributed by atoms with Crippen molar-refractivity contribution in [1.82, 2.24) is 9.80 Å². The van der Waals surface area contributed by atoms with E-state index >= 15 is 0 Å². The molecule has 0 aliphatic carbocycles. The average molecular weight is 340 g/mol. The van der Waals surface area contributed by atoms with Crippen LogP contribution in [0, 0.1) is 6.92 Å². The summed E-state index contributed by atoms with van der Waals surface area (Å²) in [4.78, 5) is 28.9. The van der Waals surface area contributed by atoms with Crippen molar-refractivity contribution in [1.29, 1.82) is 0 Å². The van der Waals surface area contributed by atoms with Gasteiger partial charge in [-0.3, -0.25) is 9.59 Å². The van der Waals surface area contributed by atoms with Crippen molar-refractivity contribution in [2.45, 2.75) is 26.2 Å². The maximum atomic E-state index is 12.9. The molecule has 2 heterocycles. The van der Waals surface area contributed by atoms with Gasteiger partial charge in [-0.2, -0.15) is 0 Å². The predicted molar refractivity (Wildman–Crippen MR) is 95.4 cm³/mol. The van der Waals surface area contributed by atoms with Crippen LogP contribution >= 0.6 is 0 Å². The summed E-state index contributed by atoms with van der Waals surface area (Å²) in [5.41, 5.74) is 1.06. The number of carbonyl (C=O) groups is 2. The van der Waals surface area contributed by atoms with Gasteiger partial charge in [0.15, 0.2) is 5.76 Å². The lowest BCUT2D eigenvalue weighted by atomic mass is 9.95. The number of benzene rings is 1. The second kappa shape index (κ2) is 7.55. The molecule has 0 N–H and O–H groups in total. The zero-order valence-corrected chi connectivity index (χ0v) is 14.8. The van der Waals surface area contributed by atoms with Crippen LogP contribution in [0.25, 0.3) is 0 Å². The molecule has 25 heavy (non-hydrogen) atoms. The van der Waals surface area contributed by atoms with Crippen LogP contribution in [0.2, 0.25) is 0 Å². The highest BCUT2D eigenvalue weighted by Crippen LogP contribution is 2.23. The molecular weight excluding hydrogens is 316 g/mol. The van der Waals surface area contributed by atoms with E-state index < -0.39 is 0 Å². The van der Waals surface area contributed by atoms with Gasteiger partial charge < -0.3 is 14.2 Å². The Balaban J connectivity index is 1.61. The fourth-order valence-corrected chi connectivity index (χ4v) is 3.29. The number of amides is 2. The Kier molecular flexibility index (Phi) is 5.22. The molecule has 2 amide bonds. The number of aryl methyl sites for hydroxylation is 1. The van der Waals surface area contributed by atoms with Crippen LogP contribution in [0.3, 0.4) is 0 Å². The third-order valence-electron chi connectivity index (χ3n) is 4.74. The van der Waals surface area contributed by atoms with Crippen molar-refractivity contribution in [2.75, 3.05) is 26.2 Å². The summed E-state index contributed by atoms with van der Waals surface area (Å²) in [6, 6.07) is 13.4. The first-order chi connectivity index (χ1) is 12.1. The molecule has 1 atom stereocenters. The minimum absolute atomic E-state index is 0.102. The monoisotopic (exact) mass is 340 g/mol. The minimum Gasteiger partial charge on any atom is -0.456 e. The molecule has 1 saturated heterocycles. The Morgan fingerprint density at radius 2 is 1.64 bits per heavy atom. The molecule has 0 saturated carbocycles. The molecule has 5 heteroatoms. The summed E-state index contributed by atoms with van der Waals surface area (Å²) in [5, 5.41) is 0. The number of hydrogen-bond acceptors (Lipinski definition) is 3. The summed E-state index contributed by atoms with van der Waals surface area (Å²) in [7, 11) is 0. The summed E-state index contributed by atoms with van der Waals surface area (Å²) in [5.74, 6) is 1.03. The number of furan rings is 1. The molecule has 1 aromatic heterocycles. The zero-order chi connectivity index (χ0) is 17.8. The van der Waals surface area contributed by atoms with E-state index in [4.69, 9.17) is 4.42 Å². The zero-order valence-electron chi connectivity index (χ0n) is 14.8. The molecule has 132 valence electrons. The van der Waals surface area contributed by atoms with Gasteiger partial charge in [0.05, 0.1) is 5.92 Å². The second-order valence-corrected chi connectivity index (χ2v) is 6.40. The van der Waals surface area contributed by atoms with Gasteiger partial charge in [-0.25, -0.2) is 0 Å². The third kappa shape index (κ3) is 3.76. The van der Waals surface area contributed by atoms with Crippen LogP contribution in [0.15, 0.2) is 46.9 Å². The smallest absolute Gasteiger partial charge is 0.289 e. The fraction of sp³-hybridized carbons (Fsp3) is 0.400. The molecular formula is C20H24N2O3. The van der Waals surface area contributed by atoms with E-state index in [0.29, 0.717) is 31.9 Å². The lowest BCUT2D eigenvalue weighted by Gasteiger charge is -2.36. The lowest BCUT2D eigenvalue weighted by molar-refractivity contribution is -0.134. The topological polar surface area (TPSA) is 53.8 Å². The maximum absolute atomic E-state index is 12.9. The van der Waals surface area contributed by atoms with Gasteiger partial charge in [0, 0.05) is 26.2 Å². The molecule has 2 aromatic rings. The summed E-state index contributed by atoms with van der Waals surface area (Å²) in [6.45, 7) is 6.06. The quantitative estimate of drug-likeness (QED) is 0.859. The van der Waals surface area contributed by atoms with Crippen molar-refractivity contribution >= 4 is 11.8 Å². The van der Waals surface area contributed by atoms with Crippen molar-refractivity contribution in [3.63, 3.8) is 0 Å². The first kappa shape index (κ1) is 17.3. The van der Waals surface area contributed by atoms with Crippen LogP contribution in [-0.2, 0) is 4.79 Å². The van der Waals surface area contributed by atoms with Crippen LogP contribution in [-0.4, -0.2) is 47.8 Å². The van der Waals surface area contributed by atoms with Crippen molar-refractivity contribution in [3.05, 3.63) is 59.5 Å². The van der Waals surface area contributed by atoms with Crippen molar-refractivity contribution in [3.8, 4) is 0 Å². The van der Waals surface area contributed by atoms with Gasteiger partial charge in [-0.1, -0.05) is 37.3 Å². The van der Waals surface area contributed by atoms with Gasteiger partial charge in [0.25, 0.3) is 5.91 Å². The van der Waals surface area contributed by atoms with Gasteiger partial charge in [-0.05, 0) is 31.0 Å². The highest BCUT2D eigenvalue weighted by atomic mass is 16.3. The first-order valence-electron chi connectivity index (χ1n) is 8.79. The van der Waals surface area contributed by atoms with E-state index in [2.05, 4.69) is 0 Å². The lowest BCUT2D eigenvalue weighted by Crippen LogP contribution is -2.51. The third-order valence-corrected chi connectivity index (χ3v) is 4.74. The van der Waals surface area contributed by atoms with Gasteiger partial charge >= 0.3 is 0 Å². The van der Waals surface area contributed by atoms with E-state index in [9.17, 15) is 9.59 Å². The number of piperazine rings is 1. The molecule has 1 aliphatic heterocycles. The van der Waals surface area contributed by atoms with Crippen LogP contribution in [0.5, 0.6) is 0 Å². The van der Waals surface area contributed by atoms with Crippen LogP contribution in [0.4, 0.5) is 0 Å². The number of rotatable bonds is 4. The SMILES string of the molecule is CCC(C(=O)N1CCN(C(=O)c2ccc(C)o2)CC1)c1ccccc1. The molecule has 0 radical (unpaired) electrons. The van der Waals surface area contributed by atoms with E-state index in [0.717, 1.165) is 17.7 Å². The first-order valence-corrected chi connectivity index (χ1v) is 8.79. The van der Waals surface area contributed by atoms with Crippen LogP contribution < -0.4 is 0 Å². The predicted octanol–water partition coefficient (Wildman–Crippen LogP) is 3.07. The minimum atomic E-state index is -0.115. The normalized spacial score (nSPS) is 15.9. The van der Waals surface area contributed by atoms with Gasteiger partial charge in [0.1, 0.15) is 5.76 Å². The largest absolute Gasteiger partial charge is 0.456 e. The number of hydrogen-bond donors (Lipinski definition) is 0. The Morgan fingerprint density at radius 3 is 2.20 bits per heavy atom. The molecule has 1 unspecified atom stereocenters. The second-order valence-electron chi connectivity index (χ2n) is 6.40. The summed E-state index contributed by atoms with van der Waals surface area (Å²) >= 11 is 0. The van der Waals surface area contributed by atoms with E-state index in [1.54, 1.807) is 17.0 Å². The summed E-state index contributed by atoms with van der Waals surface area (Å²) < 4.78 is 5.41. The molecule has 1 aliphatic rings. The molecule has 1 aromatic carbocycles. The highest BCUT2D eigenvalue weighted by Gasteiger charge is 2.29. The number of nitrogens with zero attached hydrogens (tertiary/aromatic N) is 2. The van der Waals surface area contributed by atoms with Crippen LogP contribution in [0.1, 0.15) is 41.1 Å². The Hall–Kier alpha value is -2.56. The van der Waals surface area contributed by atoms with E-state index in [1.165, 1.54) is 0 Å². The fourth-order valence-electron chi connectivity index (χ4n) is 3.29. The molecule has 0 spiro atoms. The van der Waals surface area contributed by atoms with E-state index in [1.807, 2.05) is 49.1 Å². The van der Waals surface area contributed by atoms with Gasteiger partial charge in [-0.15, -0.1) is 0 Å². The van der Waals surface area contributed by atoms with Gasteiger partial charge in [0.2, 0.25) is 5.91 Å². The van der Waals surface area contributed by atoms with Crippen molar-refractivity contribution in [2.24, 2.45) is 0 Å². The Labute approximate surface area is 148 Å². The number of carbonyl (C=O) groups excluding carboxylic acids is 2. The highest BCUT2D eigenvalue weighted by molar-refractivity contribution is 5.92. The molecule has 0 bridgehead atoms. The maximum Gasteiger partial charge on any atom is 0.289 e. The van der Waals surface area contributed by atoms with Crippen molar-refractivity contribution < 1.29 is 14.0 Å². The van der Waals surface area contributed by atoms with E-state index in [-0.39, 0.29) is 17.7 Å². The molecule has 3 rings (SSSR count).